The lowest BCUT2D eigenvalue weighted by Crippen LogP contribution is -2.50. The van der Waals surface area contributed by atoms with Crippen molar-refractivity contribution >= 4 is 17.4 Å². The molecule has 3 saturated heterocycles. The van der Waals surface area contributed by atoms with Crippen LogP contribution in [0.4, 0.5) is 19.0 Å². The summed E-state index contributed by atoms with van der Waals surface area (Å²) in [7, 11) is 1.53. The predicted octanol–water partition coefficient (Wildman–Crippen LogP) is 1.63. The first-order valence-corrected chi connectivity index (χ1v) is 11.8. The van der Waals surface area contributed by atoms with E-state index in [0.29, 0.717) is 24.3 Å². The fourth-order valence-corrected chi connectivity index (χ4v) is 5.50. The predicted molar refractivity (Wildman–Crippen MR) is 120 cm³/mol. The zero-order valence-electron chi connectivity index (χ0n) is 19.4. The second kappa shape index (κ2) is 8.65. The van der Waals surface area contributed by atoms with Gasteiger partial charge in [0.1, 0.15) is 11.9 Å². The Kier molecular flexibility index (Phi) is 5.93. The molecule has 5 rings (SSSR count). The van der Waals surface area contributed by atoms with Crippen LogP contribution in [0.25, 0.3) is 5.65 Å². The normalized spacial score (nSPS) is 28.9. The van der Waals surface area contributed by atoms with Crippen molar-refractivity contribution in [3.8, 4) is 0 Å². The van der Waals surface area contributed by atoms with Gasteiger partial charge in [0.15, 0.2) is 5.65 Å². The van der Waals surface area contributed by atoms with Crippen molar-refractivity contribution in [2.24, 2.45) is 11.7 Å². The molecule has 4 unspecified atom stereocenters. The summed E-state index contributed by atoms with van der Waals surface area (Å²) in [5.74, 6) is -0.789. The molecule has 3 N–H and O–H groups in total. The Morgan fingerprint density at radius 2 is 2.00 bits per heavy atom. The van der Waals surface area contributed by atoms with Gasteiger partial charge in [0.05, 0.1) is 17.7 Å². The van der Waals surface area contributed by atoms with Crippen LogP contribution in [-0.2, 0) is 4.79 Å². The number of halogens is 3. The number of nitrogens with one attached hydrogen (secondary N) is 1. The smallest absolute Gasteiger partial charge is 0.355 e. The third-order valence-electron chi connectivity index (χ3n) is 7.18. The highest BCUT2D eigenvalue weighted by molar-refractivity contribution is 5.81. The number of fused-ring (bicyclic) bond motifs is 1. The minimum Gasteiger partial charge on any atom is -0.355 e. The number of rotatable bonds is 3. The van der Waals surface area contributed by atoms with Gasteiger partial charge in [-0.1, -0.05) is 0 Å². The molecule has 3 aliphatic heterocycles. The molecular weight excluding hydrogens is 449 g/mol. The molecule has 0 spiro atoms. The van der Waals surface area contributed by atoms with Crippen molar-refractivity contribution in [3.05, 3.63) is 23.5 Å². The highest BCUT2D eigenvalue weighted by Crippen LogP contribution is 2.36. The van der Waals surface area contributed by atoms with E-state index < -0.39 is 24.0 Å². The SMILES string of the molecule is Cc1cn2nc(C3CCCCN3C(=O)C3CN(C)NC3C(F)(F)F)cc2nc1N1CCC(N)C1. The Morgan fingerprint density at radius 1 is 1.21 bits per heavy atom. The first kappa shape index (κ1) is 23.3. The molecule has 1 amide bonds. The number of hydrogen-bond acceptors (Lipinski definition) is 7. The van der Waals surface area contributed by atoms with E-state index in [1.807, 2.05) is 19.2 Å². The first-order valence-electron chi connectivity index (χ1n) is 11.8. The number of alkyl halides is 3. The maximum atomic E-state index is 13.6. The molecule has 9 nitrogen and oxygen atoms in total. The number of aryl methyl sites for hydroxylation is 1. The fraction of sp³-hybridized carbons (Fsp3) is 0.682. The summed E-state index contributed by atoms with van der Waals surface area (Å²) in [5, 5.41) is 6.04. The number of anilines is 1. The molecule has 4 atom stereocenters. The number of likely N-dealkylation sites (tertiary alicyclic amines) is 1. The van der Waals surface area contributed by atoms with E-state index in [1.165, 1.54) is 12.1 Å². The van der Waals surface area contributed by atoms with Gasteiger partial charge in [-0.15, -0.1) is 0 Å². The van der Waals surface area contributed by atoms with Gasteiger partial charge in [-0.2, -0.15) is 18.3 Å². The molecule has 0 aromatic carbocycles. The van der Waals surface area contributed by atoms with Gasteiger partial charge in [0.25, 0.3) is 0 Å². The molecule has 2 aromatic rings. The van der Waals surface area contributed by atoms with E-state index in [0.717, 1.165) is 43.7 Å². The Hall–Kier alpha value is -2.44. The van der Waals surface area contributed by atoms with E-state index in [4.69, 9.17) is 15.8 Å². The lowest BCUT2D eigenvalue weighted by Gasteiger charge is -2.37. The Morgan fingerprint density at radius 3 is 2.71 bits per heavy atom. The summed E-state index contributed by atoms with van der Waals surface area (Å²) in [6.07, 6.45) is 0.635. The van der Waals surface area contributed by atoms with Gasteiger partial charge in [0, 0.05) is 57.1 Å². The van der Waals surface area contributed by atoms with E-state index in [-0.39, 0.29) is 18.6 Å². The third-order valence-corrected chi connectivity index (χ3v) is 7.18. The van der Waals surface area contributed by atoms with E-state index in [2.05, 4.69) is 10.3 Å². The monoisotopic (exact) mass is 480 g/mol. The fourth-order valence-electron chi connectivity index (χ4n) is 5.50. The number of nitrogens with two attached hydrogens (primary N) is 1. The third kappa shape index (κ3) is 4.22. The lowest BCUT2D eigenvalue weighted by molar-refractivity contribution is -0.173. The highest BCUT2D eigenvalue weighted by Gasteiger charge is 2.53. The summed E-state index contributed by atoms with van der Waals surface area (Å²) < 4.78 is 42.5. The van der Waals surface area contributed by atoms with Crippen molar-refractivity contribution in [3.63, 3.8) is 0 Å². The van der Waals surface area contributed by atoms with Gasteiger partial charge < -0.3 is 15.5 Å². The summed E-state index contributed by atoms with van der Waals surface area (Å²) in [6.45, 7) is 4.01. The maximum absolute atomic E-state index is 13.6. The van der Waals surface area contributed by atoms with E-state index >= 15 is 0 Å². The number of hydrogen-bond donors (Lipinski definition) is 2. The van der Waals surface area contributed by atoms with Crippen LogP contribution in [0.5, 0.6) is 0 Å². The minimum absolute atomic E-state index is 0.0134. The van der Waals surface area contributed by atoms with Crippen molar-refractivity contribution in [2.45, 2.75) is 56.9 Å². The van der Waals surface area contributed by atoms with Crippen molar-refractivity contribution < 1.29 is 18.0 Å². The zero-order chi connectivity index (χ0) is 24.2. The summed E-state index contributed by atoms with van der Waals surface area (Å²) in [5.41, 5.74) is 10.8. The molecule has 0 aliphatic carbocycles. The topological polar surface area (TPSA) is 95.0 Å². The van der Waals surface area contributed by atoms with Gasteiger partial charge >= 0.3 is 6.18 Å². The van der Waals surface area contributed by atoms with Crippen LogP contribution in [0.2, 0.25) is 0 Å². The molecule has 12 heteroatoms. The Bertz CT molecular complexity index is 1070. The molecule has 34 heavy (non-hydrogen) atoms. The standard InChI is InChI=1S/C22H31F3N8O/c1-13-10-33-18(27-20(13)31-8-6-14(26)11-31)9-16(28-33)17-5-3-4-7-32(17)21(34)15-12-30(2)29-19(15)22(23,24)25/h9-10,14-15,17,19,29H,3-8,11-12,26H2,1-2H3. The number of amides is 1. The first-order chi connectivity index (χ1) is 16.1. The molecule has 3 fully saturated rings. The number of carbonyl (C=O) groups excluding carboxylic acids is 1. The van der Waals surface area contributed by atoms with E-state index in [9.17, 15) is 18.0 Å². The average molecular weight is 481 g/mol. The van der Waals surface area contributed by atoms with Crippen LogP contribution in [0, 0.1) is 12.8 Å². The molecule has 0 saturated carbocycles. The molecular formula is C22H31F3N8O. The number of piperidine rings is 1. The van der Waals surface area contributed by atoms with E-state index in [1.54, 1.807) is 9.42 Å². The van der Waals surface area contributed by atoms with Gasteiger partial charge in [-0.05, 0) is 32.6 Å². The van der Waals surface area contributed by atoms with Crippen molar-refractivity contribution in [2.75, 3.05) is 38.1 Å². The molecule has 2 aromatic heterocycles. The zero-order valence-corrected chi connectivity index (χ0v) is 19.4. The largest absolute Gasteiger partial charge is 0.405 e. The molecule has 0 radical (unpaired) electrons. The Balaban J connectivity index is 1.43. The van der Waals surface area contributed by atoms with Crippen LogP contribution in [-0.4, -0.2) is 81.9 Å². The summed E-state index contributed by atoms with van der Waals surface area (Å²) in [6, 6.07) is -0.265. The summed E-state index contributed by atoms with van der Waals surface area (Å²) in [4.78, 5) is 22.0. The van der Waals surface area contributed by atoms with Gasteiger partial charge in [-0.25, -0.2) is 19.9 Å². The van der Waals surface area contributed by atoms with Gasteiger partial charge in [0.2, 0.25) is 5.91 Å². The lowest BCUT2D eigenvalue weighted by atomic mass is 9.94. The summed E-state index contributed by atoms with van der Waals surface area (Å²) >= 11 is 0. The van der Waals surface area contributed by atoms with Crippen LogP contribution < -0.4 is 16.1 Å². The number of carbonyl (C=O) groups is 1. The van der Waals surface area contributed by atoms with Gasteiger partial charge in [-0.3, -0.25) is 4.79 Å². The second-order valence-electron chi connectivity index (χ2n) is 9.79. The molecule has 186 valence electrons. The van der Waals surface area contributed by atoms with Crippen LogP contribution in [0.15, 0.2) is 12.3 Å². The highest BCUT2D eigenvalue weighted by atomic mass is 19.4. The number of nitrogens with zero attached hydrogens (tertiary/aromatic N) is 6. The average Bonchev–Trinajstić information content (AvgIpc) is 3.50. The molecule has 3 aliphatic rings. The minimum atomic E-state index is -4.50. The van der Waals surface area contributed by atoms with Crippen molar-refractivity contribution in [1.29, 1.82) is 0 Å². The molecule has 5 heterocycles. The molecule has 0 bridgehead atoms. The number of aromatic nitrogens is 3. The van der Waals surface area contributed by atoms with Crippen LogP contribution in [0.1, 0.15) is 43.0 Å². The maximum Gasteiger partial charge on any atom is 0.405 e. The second-order valence-corrected chi connectivity index (χ2v) is 9.79. The quantitative estimate of drug-likeness (QED) is 0.690. The van der Waals surface area contributed by atoms with Crippen LogP contribution in [0.3, 0.4) is 0 Å². The Labute approximate surface area is 196 Å². The van der Waals surface area contributed by atoms with Crippen LogP contribution >= 0.6 is 0 Å². The number of hydrazine groups is 1. The van der Waals surface area contributed by atoms with Crippen molar-refractivity contribution in [1.82, 2.24) is 29.9 Å².